The number of nitrogens with zero attached hydrogens (tertiary/aromatic N) is 3. The number of hydrogen-bond donors (Lipinski definition) is 2. The molecule has 1 fully saturated rings. The number of nitrogens with one attached hydrogen (secondary N) is 2. The second kappa shape index (κ2) is 6.21. The number of hydrogen-bond acceptors (Lipinski definition) is 4. The third-order valence-electron chi connectivity index (χ3n) is 5.05. The third-order valence-corrected chi connectivity index (χ3v) is 5.05. The Hall–Kier alpha value is -3.19. The van der Waals surface area contributed by atoms with E-state index in [1.54, 1.807) is 12.3 Å². The van der Waals surface area contributed by atoms with Crippen molar-refractivity contribution < 1.29 is 4.39 Å². The number of aromatic nitrogens is 3. The molecule has 3 aliphatic heterocycles. The van der Waals surface area contributed by atoms with E-state index in [2.05, 4.69) is 15.4 Å². The highest BCUT2D eigenvalue weighted by atomic mass is 19.1. The minimum absolute atomic E-state index is 0.221. The maximum atomic E-state index is 14.9. The summed E-state index contributed by atoms with van der Waals surface area (Å²) in [5, 5.41) is 8.37. The first-order valence-electron chi connectivity index (χ1n) is 8.97. The summed E-state index contributed by atoms with van der Waals surface area (Å²) in [6.45, 7) is 3.19. The molecule has 0 atom stereocenters. The first-order chi connectivity index (χ1) is 13.2. The topological polar surface area (TPSA) is 66.0 Å². The molecule has 0 amide bonds. The van der Waals surface area contributed by atoms with Crippen LogP contribution < -0.4 is 15.8 Å². The van der Waals surface area contributed by atoms with Crippen LogP contribution in [0, 0.1) is 5.82 Å². The number of fused-ring (bicyclic) bond motifs is 3. The Morgan fingerprint density at radius 2 is 1.85 bits per heavy atom. The summed E-state index contributed by atoms with van der Waals surface area (Å²) in [5.74, 6) is -0.299. The lowest BCUT2D eigenvalue weighted by atomic mass is 10.1. The Bertz CT molecular complexity index is 1140. The van der Waals surface area contributed by atoms with Crippen LogP contribution in [0.15, 0.2) is 53.5 Å². The van der Waals surface area contributed by atoms with E-state index >= 15 is 0 Å². The molecule has 27 heavy (non-hydrogen) atoms. The number of aromatic amines is 1. The standard InChI is InChI=1S/C20H18FN5O/c21-16-10-14-17(11-18(16)25-8-6-22-7-9-25)23-12-15-19(14)24-26(20(15)27)13-4-2-1-3-5-13/h1-5,10-12,22-23H,6-9H2. The zero-order valence-corrected chi connectivity index (χ0v) is 14.6. The van der Waals surface area contributed by atoms with E-state index in [0.29, 0.717) is 28.0 Å². The molecule has 1 saturated heterocycles. The fraction of sp³-hybridized carbons (Fsp3) is 0.200. The van der Waals surface area contributed by atoms with Crippen molar-refractivity contribution in [2.24, 2.45) is 0 Å². The van der Waals surface area contributed by atoms with Gasteiger partial charge < -0.3 is 15.2 Å². The molecule has 0 aromatic heterocycles. The molecule has 5 rings (SSSR count). The Morgan fingerprint density at radius 3 is 2.63 bits per heavy atom. The van der Waals surface area contributed by atoms with Gasteiger partial charge in [-0.05, 0) is 24.3 Å². The molecular formula is C20H18FN5O. The number of benzene rings is 2. The van der Waals surface area contributed by atoms with E-state index < -0.39 is 0 Å². The van der Waals surface area contributed by atoms with Crippen molar-refractivity contribution in [1.29, 1.82) is 0 Å². The van der Waals surface area contributed by atoms with Crippen LogP contribution in [-0.2, 0) is 0 Å². The lowest BCUT2D eigenvalue weighted by Crippen LogP contribution is -2.43. The van der Waals surface area contributed by atoms with Gasteiger partial charge in [-0.3, -0.25) is 4.79 Å². The van der Waals surface area contributed by atoms with Gasteiger partial charge in [-0.25, -0.2) is 4.39 Å². The molecule has 2 aromatic carbocycles. The van der Waals surface area contributed by atoms with Gasteiger partial charge in [0.05, 0.1) is 16.9 Å². The van der Waals surface area contributed by atoms with E-state index in [4.69, 9.17) is 0 Å². The summed E-state index contributed by atoms with van der Waals surface area (Å²) < 4.78 is 16.2. The van der Waals surface area contributed by atoms with Gasteiger partial charge in [0, 0.05) is 43.3 Å². The van der Waals surface area contributed by atoms with Crippen molar-refractivity contribution >= 4 is 16.6 Å². The maximum absolute atomic E-state index is 14.9. The average Bonchev–Trinajstić information content (AvgIpc) is 3.06. The zero-order chi connectivity index (χ0) is 18.4. The van der Waals surface area contributed by atoms with Crippen LogP contribution in [0.1, 0.15) is 0 Å². The highest BCUT2D eigenvalue weighted by molar-refractivity contribution is 5.95. The number of anilines is 1. The molecule has 3 heterocycles. The zero-order valence-electron chi connectivity index (χ0n) is 14.6. The SMILES string of the molecule is O=c1c2c[nH]c3cc(N4CCNCC4)c(F)cc3c-2nn1-c1ccccc1. The molecule has 0 aliphatic carbocycles. The van der Waals surface area contributed by atoms with Crippen LogP contribution in [0.3, 0.4) is 0 Å². The molecule has 0 spiro atoms. The van der Waals surface area contributed by atoms with Crippen LogP contribution in [0.5, 0.6) is 0 Å². The molecule has 0 bridgehead atoms. The third kappa shape index (κ3) is 2.59. The molecule has 0 unspecified atom stereocenters. The Kier molecular flexibility index (Phi) is 3.68. The Balaban J connectivity index is 1.70. The lowest BCUT2D eigenvalue weighted by Gasteiger charge is -2.29. The van der Waals surface area contributed by atoms with E-state index in [1.807, 2.05) is 35.2 Å². The molecule has 136 valence electrons. The van der Waals surface area contributed by atoms with Crippen LogP contribution in [0.25, 0.3) is 27.8 Å². The summed E-state index contributed by atoms with van der Waals surface area (Å²) in [7, 11) is 0. The highest BCUT2D eigenvalue weighted by Crippen LogP contribution is 2.31. The largest absolute Gasteiger partial charge is 0.367 e. The summed E-state index contributed by atoms with van der Waals surface area (Å²) in [4.78, 5) is 17.9. The monoisotopic (exact) mass is 363 g/mol. The van der Waals surface area contributed by atoms with Crippen LogP contribution in [0.4, 0.5) is 10.1 Å². The van der Waals surface area contributed by atoms with Crippen molar-refractivity contribution in [1.82, 2.24) is 20.1 Å². The summed E-state index contributed by atoms with van der Waals surface area (Å²) >= 11 is 0. The van der Waals surface area contributed by atoms with Crippen molar-refractivity contribution in [3.8, 4) is 16.9 Å². The van der Waals surface area contributed by atoms with E-state index in [9.17, 15) is 9.18 Å². The van der Waals surface area contributed by atoms with Crippen molar-refractivity contribution in [3.05, 3.63) is 64.8 Å². The fourth-order valence-electron chi connectivity index (χ4n) is 3.66. The van der Waals surface area contributed by atoms with Crippen molar-refractivity contribution in [2.45, 2.75) is 0 Å². The van der Waals surface area contributed by atoms with Gasteiger partial charge in [-0.1, -0.05) is 18.2 Å². The minimum Gasteiger partial charge on any atom is -0.367 e. The van der Waals surface area contributed by atoms with E-state index in [1.165, 1.54) is 10.7 Å². The Morgan fingerprint density at radius 1 is 1.07 bits per heavy atom. The minimum atomic E-state index is -0.299. The van der Waals surface area contributed by atoms with E-state index in [0.717, 1.165) is 31.7 Å². The number of H-pyrrole nitrogens is 1. The van der Waals surface area contributed by atoms with Gasteiger partial charge >= 0.3 is 0 Å². The van der Waals surface area contributed by atoms with Gasteiger partial charge in [0.1, 0.15) is 11.5 Å². The summed E-state index contributed by atoms with van der Waals surface area (Å²) in [6, 6.07) is 12.5. The predicted molar refractivity (Wildman–Crippen MR) is 103 cm³/mol. The number of piperazine rings is 1. The van der Waals surface area contributed by atoms with Gasteiger partial charge in [-0.2, -0.15) is 9.78 Å². The molecule has 6 nitrogen and oxygen atoms in total. The summed E-state index contributed by atoms with van der Waals surface area (Å²) in [5.41, 5.74) is 2.74. The van der Waals surface area contributed by atoms with E-state index in [-0.39, 0.29) is 11.4 Å². The number of rotatable bonds is 2. The molecule has 2 N–H and O–H groups in total. The predicted octanol–water partition coefficient (Wildman–Crippen LogP) is 2.37. The lowest BCUT2D eigenvalue weighted by molar-refractivity contribution is 0.567. The highest BCUT2D eigenvalue weighted by Gasteiger charge is 2.22. The molecular weight excluding hydrogens is 345 g/mol. The molecule has 3 aliphatic rings. The molecule has 7 heteroatoms. The second-order valence-electron chi connectivity index (χ2n) is 6.69. The van der Waals surface area contributed by atoms with Crippen molar-refractivity contribution in [3.63, 3.8) is 0 Å². The Labute approximate surface area is 154 Å². The summed E-state index contributed by atoms with van der Waals surface area (Å²) in [6.07, 6.45) is 1.66. The number of pyridine rings is 1. The van der Waals surface area contributed by atoms with Crippen LogP contribution >= 0.6 is 0 Å². The van der Waals surface area contributed by atoms with Gasteiger partial charge in [-0.15, -0.1) is 0 Å². The smallest absolute Gasteiger partial charge is 0.282 e. The fourth-order valence-corrected chi connectivity index (χ4v) is 3.66. The average molecular weight is 363 g/mol. The molecule has 2 aromatic rings. The first-order valence-corrected chi connectivity index (χ1v) is 8.97. The van der Waals surface area contributed by atoms with Gasteiger partial charge in [0.25, 0.3) is 5.56 Å². The first kappa shape index (κ1) is 16.0. The quantitative estimate of drug-likeness (QED) is 0.574. The molecule has 0 saturated carbocycles. The normalized spacial score (nSPS) is 14.9. The van der Waals surface area contributed by atoms with Crippen molar-refractivity contribution in [2.75, 3.05) is 31.1 Å². The second-order valence-corrected chi connectivity index (χ2v) is 6.69. The van der Waals surface area contributed by atoms with Crippen LogP contribution in [-0.4, -0.2) is 40.9 Å². The molecule has 0 radical (unpaired) electrons. The van der Waals surface area contributed by atoms with Gasteiger partial charge in [0.15, 0.2) is 0 Å². The maximum Gasteiger partial charge on any atom is 0.282 e. The van der Waals surface area contributed by atoms with Gasteiger partial charge in [0.2, 0.25) is 0 Å². The van der Waals surface area contributed by atoms with Crippen LogP contribution in [0.2, 0.25) is 0 Å². The number of halogens is 1. The number of para-hydroxylation sites is 1.